The predicted molar refractivity (Wildman–Crippen MR) is 81.2 cm³/mol. The number of hydrogen-bond donors (Lipinski definition) is 2. The summed E-state index contributed by atoms with van der Waals surface area (Å²) >= 11 is 6.06. The molecular weight excluding hydrogens is 276 g/mol. The second kappa shape index (κ2) is 6.46. The molecule has 110 valence electrons. The fourth-order valence-electron chi connectivity index (χ4n) is 2.46. The Labute approximate surface area is 124 Å². The third-order valence-corrected chi connectivity index (χ3v) is 3.98. The van der Waals surface area contributed by atoms with Crippen molar-refractivity contribution in [1.29, 1.82) is 0 Å². The summed E-state index contributed by atoms with van der Waals surface area (Å²) in [5.74, 6) is 0.00733. The lowest BCUT2D eigenvalue weighted by molar-refractivity contribution is -0.0160. The lowest BCUT2D eigenvalue weighted by atomic mass is 9.95. The van der Waals surface area contributed by atoms with Crippen molar-refractivity contribution >= 4 is 23.2 Å². The highest BCUT2D eigenvalue weighted by atomic mass is 35.5. The minimum Gasteiger partial charge on any atom is -0.382 e. The Balaban J connectivity index is 2.03. The van der Waals surface area contributed by atoms with Gasteiger partial charge < -0.3 is 15.8 Å². The van der Waals surface area contributed by atoms with Crippen LogP contribution in [0.15, 0.2) is 18.2 Å². The van der Waals surface area contributed by atoms with Gasteiger partial charge in [0, 0.05) is 18.3 Å². The molecule has 1 aromatic carbocycles. The van der Waals surface area contributed by atoms with Gasteiger partial charge in [-0.3, -0.25) is 4.79 Å². The highest BCUT2D eigenvalue weighted by Crippen LogP contribution is 2.25. The highest BCUT2D eigenvalue weighted by Gasteiger charge is 2.24. The summed E-state index contributed by atoms with van der Waals surface area (Å²) in [6.45, 7) is 5.12. The minimum absolute atomic E-state index is 0.293. The molecule has 0 saturated carbocycles. The van der Waals surface area contributed by atoms with Gasteiger partial charge in [0.05, 0.1) is 16.7 Å². The van der Waals surface area contributed by atoms with Gasteiger partial charge in [0.25, 0.3) is 0 Å². The molecule has 3 N–H and O–H groups in total. The molecule has 2 unspecified atom stereocenters. The van der Waals surface area contributed by atoms with Gasteiger partial charge in [-0.05, 0) is 37.0 Å². The fraction of sp³-hybridized carbons (Fsp3) is 0.533. The van der Waals surface area contributed by atoms with Crippen LogP contribution in [0.4, 0.5) is 5.69 Å². The first-order valence-electron chi connectivity index (χ1n) is 6.95. The summed E-state index contributed by atoms with van der Waals surface area (Å²) in [7, 11) is 0. The summed E-state index contributed by atoms with van der Waals surface area (Å²) < 4.78 is 5.75. The van der Waals surface area contributed by atoms with E-state index in [2.05, 4.69) is 19.2 Å². The number of benzene rings is 1. The Morgan fingerprint density at radius 3 is 2.85 bits per heavy atom. The zero-order valence-electron chi connectivity index (χ0n) is 11.9. The van der Waals surface area contributed by atoms with Crippen molar-refractivity contribution < 1.29 is 9.53 Å². The quantitative estimate of drug-likeness (QED) is 0.897. The summed E-state index contributed by atoms with van der Waals surface area (Å²) in [5.41, 5.74) is 6.50. The van der Waals surface area contributed by atoms with E-state index in [1.807, 2.05) is 6.07 Å². The van der Waals surface area contributed by atoms with Crippen LogP contribution in [0.3, 0.4) is 0 Å². The number of amides is 1. The fourth-order valence-corrected chi connectivity index (χ4v) is 2.74. The number of carbonyl (C=O) groups is 1. The number of halogens is 1. The Morgan fingerprint density at radius 2 is 2.25 bits per heavy atom. The third kappa shape index (κ3) is 3.64. The van der Waals surface area contributed by atoms with E-state index in [0.29, 0.717) is 28.6 Å². The van der Waals surface area contributed by atoms with Crippen LogP contribution in [-0.4, -0.2) is 24.7 Å². The van der Waals surface area contributed by atoms with Crippen LogP contribution < -0.4 is 11.1 Å². The molecule has 1 aliphatic rings. The maximum Gasteiger partial charge on any atom is 0.250 e. The van der Waals surface area contributed by atoms with Gasteiger partial charge in [0.2, 0.25) is 5.91 Å². The molecule has 0 aromatic heterocycles. The number of nitrogens with two attached hydrogens (primary N) is 1. The number of nitrogens with one attached hydrogen (secondary N) is 1. The molecule has 0 bridgehead atoms. The van der Waals surface area contributed by atoms with Gasteiger partial charge >= 0.3 is 0 Å². The second-order valence-corrected chi connectivity index (χ2v) is 5.98. The molecule has 0 radical (unpaired) electrons. The van der Waals surface area contributed by atoms with Gasteiger partial charge in [0.15, 0.2) is 0 Å². The van der Waals surface area contributed by atoms with Crippen LogP contribution in [0.1, 0.15) is 37.0 Å². The van der Waals surface area contributed by atoms with E-state index in [9.17, 15) is 4.79 Å². The summed E-state index contributed by atoms with van der Waals surface area (Å²) in [6, 6.07) is 5.62. The first-order chi connectivity index (χ1) is 9.47. The van der Waals surface area contributed by atoms with E-state index >= 15 is 0 Å². The average molecular weight is 297 g/mol. The maximum absolute atomic E-state index is 11.1. The molecule has 4 nitrogen and oxygen atoms in total. The van der Waals surface area contributed by atoms with E-state index in [1.165, 1.54) is 0 Å². The van der Waals surface area contributed by atoms with Crippen molar-refractivity contribution in [1.82, 2.24) is 0 Å². The van der Waals surface area contributed by atoms with E-state index < -0.39 is 5.91 Å². The van der Waals surface area contributed by atoms with Crippen LogP contribution in [0, 0.1) is 5.92 Å². The van der Waals surface area contributed by atoms with E-state index in [0.717, 1.165) is 25.1 Å². The predicted octanol–water partition coefficient (Wildman–Crippen LogP) is 3.05. The van der Waals surface area contributed by atoms with Crippen molar-refractivity contribution in [3.05, 3.63) is 28.8 Å². The molecule has 5 heteroatoms. The maximum atomic E-state index is 11.1. The normalized spacial score (nSPS) is 22.8. The first-order valence-corrected chi connectivity index (χ1v) is 7.32. The Hall–Kier alpha value is -1.26. The Morgan fingerprint density at radius 1 is 1.50 bits per heavy atom. The highest BCUT2D eigenvalue weighted by molar-refractivity contribution is 6.34. The van der Waals surface area contributed by atoms with Gasteiger partial charge in [0.1, 0.15) is 0 Å². The summed E-state index contributed by atoms with van der Waals surface area (Å²) in [4.78, 5) is 11.1. The van der Waals surface area contributed by atoms with E-state index in [-0.39, 0.29) is 0 Å². The van der Waals surface area contributed by atoms with Crippen molar-refractivity contribution in [2.45, 2.75) is 38.8 Å². The SMILES string of the molecule is CC(C)C1CC(Nc2ccc(C(N)=O)c(Cl)c2)CCO1. The van der Waals surface area contributed by atoms with Gasteiger partial charge in [-0.2, -0.15) is 0 Å². The molecule has 2 rings (SSSR count). The molecule has 2 atom stereocenters. The van der Waals surface area contributed by atoms with Crippen LogP contribution in [0.5, 0.6) is 0 Å². The van der Waals surface area contributed by atoms with Gasteiger partial charge in [-0.25, -0.2) is 0 Å². The topological polar surface area (TPSA) is 64.3 Å². The second-order valence-electron chi connectivity index (χ2n) is 5.58. The van der Waals surface area contributed by atoms with E-state index in [1.54, 1.807) is 12.1 Å². The third-order valence-electron chi connectivity index (χ3n) is 3.66. The molecule has 1 saturated heterocycles. The van der Waals surface area contributed by atoms with Crippen molar-refractivity contribution in [3.8, 4) is 0 Å². The van der Waals surface area contributed by atoms with Gasteiger partial charge in [-0.15, -0.1) is 0 Å². The average Bonchev–Trinajstić information content (AvgIpc) is 2.38. The number of ether oxygens (including phenoxy) is 1. The number of primary amides is 1. The lowest BCUT2D eigenvalue weighted by Gasteiger charge is -2.33. The molecule has 1 fully saturated rings. The van der Waals surface area contributed by atoms with Gasteiger partial charge in [-0.1, -0.05) is 25.4 Å². The number of hydrogen-bond acceptors (Lipinski definition) is 3. The van der Waals surface area contributed by atoms with Crippen LogP contribution in [0.2, 0.25) is 5.02 Å². The summed E-state index contributed by atoms with van der Waals surface area (Å²) in [6.07, 6.45) is 2.24. The number of anilines is 1. The smallest absolute Gasteiger partial charge is 0.250 e. The number of rotatable bonds is 4. The molecule has 1 aromatic rings. The Bertz CT molecular complexity index is 491. The molecule has 1 aliphatic heterocycles. The molecular formula is C15H21ClN2O2. The van der Waals surface area contributed by atoms with Crippen LogP contribution in [0.25, 0.3) is 0 Å². The zero-order chi connectivity index (χ0) is 14.7. The Kier molecular flexibility index (Phi) is 4.89. The molecule has 0 spiro atoms. The van der Waals surface area contributed by atoms with Crippen molar-refractivity contribution in [2.24, 2.45) is 11.7 Å². The van der Waals surface area contributed by atoms with Crippen molar-refractivity contribution in [3.63, 3.8) is 0 Å². The lowest BCUT2D eigenvalue weighted by Crippen LogP contribution is -2.36. The van der Waals surface area contributed by atoms with Crippen molar-refractivity contribution in [2.75, 3.05) is 11.9 Å². The standard InChI is InChI=1S/C15H21ClN2O2/c1-9(2)14-8-11(5-6-20-14)18-10-3-4-12(15(17)19)13(16)7-10/h3-4,7,9,11,14,18H,5-6,8H2,1-2H3,(H2,17,19). The minimum atomic E-state index is -0.507. The number of carbonyl (C=O) groups excluding carboxylic acids is 1. The molecule has 1 amide bonds. The van der Waals surface area contributed by atoms with Crippen LogP contribution in [-0.2, 0) is 4.74 Å². The largest absolute Gasteiger partial charge is 0.382 e. The zero-order valence-corrected chi connectivity index (χ0v) is 12.6. The monoisotopic (exact) mass is 296 g/mol. The van der Waals surface area contributed by atoms with E-state index in [4.69, 9.17) is 22.1 Å². The molecule has 1 heterocycles. The van der Waals surface area contributed by atoms with Crippen LogP contribution >= 0.6 is 11.6 Å². The first kappa shape index (κ1) is 15.1. The molecule has 0 aliphatic carbocycles. The molecule has 20 heavy (non-hydrogen) atoms. The summed E-state index contributed by atoms with van der Waals surface area (Å²) in [5, 5.41) is 3.84.